The van der Waals surface area contributed by atoms with E-state index in [1.54, 1.807) is 0 Å². The lowest BCUT2D eigenvalue weighted by atomic mass is 10.3. The van der Waals surface area contributed by atoms with E-state index < -0.39 is 16.4 Å². The highest BCUT2D eigenvalue weighted by molar-refractivity contribution is 9.09. The number of rotatable bonds is 1. The Morgan fingerprint density at radius 1 is 1.25 bits per heavy atom. The molecule has 1 N–H and O–H groups in total. The van der Waals surface area contributed by atoms with Crippen LogP contribution in [0, 0.1) is 0 Å². The van der Waals surface area contributed by atoms with Gasteiger partial charge in [0.05, 0.1) is 5.69 Å². The summed E-state index contributed by atoms with van der Waals surface area (Å²) in [7, 11) is 0. The van der Waals surface area contributed by atoms with Crippen molar-refractivity contribution in [1.82, 2.24) is 4.98 Å². The molecule has 0 aromatic carbocycles. The van der Waals surface area contributed by atoms with Gasteiger partial charge in [-0.3, -0.25) is 0 Å². The zero-order valence-electron chi connectivity index (χ0n) is 5.62. The molecule has 0 saturated heterocycles. The first kappa shape index (κ1) is 9.57. The minimum Gasteiger partial charge on any atom is -0.361 e. The first-order valence-electron chi connectivity index (χ1n) is 2.94. The summed E-state index contributed by atoms with van der Waals surface area (Å²) in [5.41, 5.74) is -0.560. The van der Waals surface area contributed by atoms with Gasteiger partial charge in [0.15, 0.2) is 0 Å². The molecule has 12 heavy (non-hydrogen) atoms. The third-order valence-corrected chi connectivity index (χ3v) is 2.17. The maximum absolute atomic E-state index is 12.9. The van der Waals surface area contributed by atoms with Gasteiger partial charge in [-0.05, 0) is 28.1 Å². The van der Waals surface area contributed by atoms with Crippen LogP contribution in [0.5, 0.6) is 0 Å². The Morgan fingerprint density at radius 2 is 1.83 bits per heavy atom. The maximum atomic E-state index is 12.9. The summed E-state index contributed by atoms with van der Waals surface area (Å²) in [6, 6.07) is 2.30. The van der Waals surface area contributed by atoms with Gasteiger partial charge >= 0.3 is 6.18 Å². The number of halogens is 5. The van der Waals surface area contributed by atoms with E-state index in [-0.39, 0.29) is 0 Å². The molecule has 1 heterocycles. The van der Waals surface area contributed by atoms with Crippen LogP contribution in [0.3, 0.4) is 0 Å². The van der Waals surface area contributed by atoms with Crippen LogP contribution in [-0.2, 0) is 4.58 Å². The predicted octanol–water partition coefficient (Wildman–Crippen LogP) is 3.09. The number of H-pyrrole nitrogens is 1. The second-order valence-corrected chi connectivity index (χ2v) is 3.25. The zero-order valence-corrected chi connectivity index (χ0v) is 7.21. The molecule has 0 aliphatic heterocycles. The quantitative estimate of drug-likeness (QED) is 0.578. The van der Waals surface area contributed by atoms with Crippen molar-refractivity contribution in [3.8, 4) is 0 Å². The van der Waals surface area contributed by atoms with Gasteiger partial charge in [-0.25, -0.2) is 4.39 Å². The highest BCUT2D eigenvalue weighted by Crippen LogP contribution is 2.46. The van der Waals surface area contributed by atoms with Gasteiger partial charge in [0.25, 0.3) is 4.58 Å². The molecular weight excluding hydrogens is 242 g/mol. The minimum absolute atomic E-state index is 0.560. The molecule has 0 fully saturated rings. The summed E-state index contributed by atoms with van der Waals surface area (Å²) >= 11 is 1.97. The Kier molecular flexibility index (Phi) is 2.20. The fourth-order valence-electron chi connectivity index (χ4n) is 0.678. The number of alkyl halides is 5. The van der Waals surface area contributed by atoms with E-state index in [1.807, 2.05) is 15.9 Å². The summed E-state index contributed by atoms with van der Waals surface area (Å²) < 4.78 is 45.3. The lowest BCUT2D eigenvalue weighted by Gasteiger charge is -2.19. The fraction of sp³-hybridized carbons (Fsp3) is 0.333. The van der Waals surface area contributed by atoms with E-state index in [4.69, 9.17) is 0 Å². The fourth-order valence-corrected chi connectivity index (χ4v) is 0.925. The molecule has 0 bridgehead atoms. The van der Waals surface area contributed by atoms with Crippen LogP contribution in [0.1, 0.15) is 5.69 Å². The van der Waals surface area contributed by atoms with Crippen LogP contribution in [0.15, 0.2) is 18.3 Å². The van der Waals surface area contributed by atoms with E-state index in [9.17, 15) is 17.6 Å². The van der Waals surface area contributed by atoms with Crippen LogP contribution < -0.4 is 0 Å². The molecule has 68 valence electrons. The molecule has 1 atom stereocenters. The largest absolute Gasteiger partial charge is 0.438 e. The molecule has 1 aromatic heterocycles. The monoisotopic (exact) mass is 245 g/mol. The summed E-state index contributed by atoms with van der Waals surface area (Å²) in [4.78, 5) is 2.14. The van der Waals surface area contributed by atoms with Gasteiger partial charge in [-0.15, -0.1) is 0 Å². The van der Waals surface area contributed by atoms with Crippen LogP contribution in [0.2, 0.25) is 0 Å². The lowest BCUT2D eigenvalue weighted by molar-refractivity contribution is -0.196. The average molecular weight is 246 g/mol. The predicted molar refractivity (Wildman–Crippen MR) is 38.6 cm³/mol. The first-order valence-corrected chi connectivity index (χ1v) is 3.73. The Balaban J connectivity index is 3.02. The summed E-state index contributed by atoms with van der Waals surface area (Å²) in [5, 5.41) is 0. The molecule has 0 aliphatic rings. The third-order valence-electron chi connectivity index (χ3n) is 1.29. The molecule has 0 radical (unpaired) electrons. The smallest absolute Gasteiger partial charge is 0.361 e. The molecule has 0 saturated carbocycles. The van der Waals surface area contributed by atoms with Crippen molar-refractivity contribution in [1.29, 1.82) is 0 Å². The van der Waals surface area contributed by atoms with Crippen molar-refractivity contribution in [2.24, 2.45) is 0 Å². The van der Waals surface area contributed by atoms with Gasteiger partial charge in [0, 0.05) is 6.20 Å². The molecule has 0 aliphatic carbocycles. The van der Waals surface area contributed by atoms with E-state index >= 15 is 0 Å². The zero-order chi connectivity index (χ0) is 9.41. The van der Waals surface area contributed by atoms with Gasteiger partial charge < -0.3 is 4.98 Å². The van der Waals surface area contributed by atoms with Crippen molar-refractivity contribution in [2.45, 2.75) is 10.8 Å². The topological polar surface area (TPSA) is 15.8 Å². The Labute approximate surface area is 73.9 Å². The molecule has 1 unspecified atom stereocenters. The Hall–Kier alpha value is -0.520. The number of hydrogen-bond acceptors (Lipinski definition) is 0. The average Bonchev–Trinajstić information content (AvgIpc) is 2.34. The molecule has 6 heteroatoms. The first-order chi connectivity index (χ1) is 5.36. The van der Waals surface area contributed by atoms with Gasteiger partial charge in [0.1, 0.15) is 0 Å². The van der Waals surface area contributed by atoms with E-state index in [1.165, 1.54) is 12.3 Å². The molecule has 0 amide bonds. The summed E-state index contributed by atoms with van der Waals surface area (Å²) in [6.07, 6.45) is -3.74. The maximum Gasteiger partial charge on any atom is 0.438 e. The molecule has 1 rings (SSSR count). The van der Waals surface area contributed by atoms with Crippen LogP contribution >= 0.6 is 15.9 Å². The number of hydrogen-bond donors (Lipinski definition) is 1. The number of nitrogens with one attached hydrogen (secondary N) is 1. The number of aromatic amines is 1. The standard InChI is InChI=1S/C6H4BrF4N/c7-5(8,6(9,10)11)4-2-1-3-12-4/h1-3,12H. The lowest BCUT2D eigenvalue weighted by Crippen LogP contribution is -2.32. The van der Waals surface area contributed by atoms with Crippen LogP contribution in [0.4, 0.5) is 17.6 Å². The SMILES string of the molecule is FC(F)(F)C(F)(Br)c1ccc[nH]1. The molecule has 1 aromatic rings. The van der Waals surface area contributed by atoms with Gasteiger partial charge in [0.2, 0.25) is 0 Å². The van der Waals surface area contributed by atoms with Gasteiger partial charge in [-0.1, -0.05) is 0 Å². The van der Waals surface area contributed by atoms with E-state index in [0.717, 1.165) is 6.07 Å². The highest BCUT2D eigenvalue weighted by Gasteiger charge is 2.56. The van der Waals surface area contributed by atoms with Gasteiger partial charge in [-0.2, -0.15) is 13.2 Å². The minimum atomic E-state index is -4.96. The highest BCUT2D eigenvalue weighted by atomic mass is 79.9. The van der Waals surface area contributed by atoms with Crippen molar-refractivity contribution in [2.75, 3.05) is 0 Å². The van der Waals surface area contributed by atoms with Crippen molar-refractivity contribution < 1.29 is 17.6 Å². The summed E-state index contributed by atoms with van der Waals surface area (Å²) in [5.74, 6) is 0. The van der Waals surface area contributed by atoms with Crippen LogP contribution in [0.25, 0.3) is 0 Å². The normalized spacial score (nSPS) is 17.4. The third kappa shape index (κ3) is 1.48. The second-order valence-electron chi connectivity index (χ2n) is 2.16. The van der Waals surface area contributed by atoms with Crippen molar-refractivity contribution in [3.63, 3.8) is 0 Å². The second kappa shape index (κ2) is 2.76. The van der Waals surface area contributed by atoms with Crippen LogP contribution in [-0.4, -0.2) is 11.2 Å². The molecular formula is C6H4BrF4N. The number of aromatic nitrogens is 1. The Morgan fingerprint density at radius 3 is 2.17 bits per heavy atom. The summed E-state index contributed by atoms with van der Waals surface area (Å²) in [6.45, 7) is 0. The molecule has 1 nitrogen and oxygen atoms in total. The van der Waals surface area contributed by atoms with E-state index in [2.05, 4.69) is 4.98 Å². The molecule has 0 spiro atoms. The van der Waals surface area contributed by atoms with Crippen molar-refractivity contribution in [3.05, 3.63) is 24.0 Å². The van der Waals surface area contributed by atoms with Crippen molar-refractivity contribution >= 4 is 15.9 Å². The Bertz CT molecular complexity index is 251. The van der Waals surface area contributed by atoms with E-state index in [0.29, 0.717) is 0 Å².